The summed E-state index contributed by atoms with van der Waals surface area (Å²) >= 11 is 0. The molecule has 0 N–H and O–H groups in total. The number of rotatable bonds is 6. The quantitative estimate of drug-likeness (QED) is 0.576. The Labute approximate surface area is 151 Å². The summed E-state index contributed by atoms with van der Waals surface area (Å²) in [4.78, 5) is 14.1. The largest absolute Gasteiger partial charge is 0.258 e. The van der Waals surface area contributed by atoms with Crippen LogP contribution < -0.4 is 0 Å². The third-order valence-electron chi connectivity index (χ3n) is 3.99. The first-order valence-corrected chi connectivity index (χ1v) is 10.5. The lowest BCUT2D eigenvalue weighted by molar-refractivity contribution is 1.05. The summed E-state index contributed by atoms with van der Waals surface area (Å²) in [5.74, 6) is 0. The van der Waals surface area contributed by atoms with Crippen molar-refractivity contribution in [1.82, 2.24) is 15.0 Å². The normalized spacial score (nSPS) is 11.0. The Balaban J connectivity index is 1.82. The van der Waals surface area contributed by atoms with Crippen molar-refractivity contribution in [2.24, 2.45) is 0 Å². The van der Waals surface area contributed by atoms with Crippen LogP contribution in [0.5, 0.6) is 0 Å². The van der Waals surface area contributed by atoms with Gasteiger partial charge < -0.3 is 0 Å². The molecule has 0 aliphatic rings. The highest BCUT2D eigenvalue weighted by Gasteiger charge is 2.14. The molecule has 0 aromatic carbocycles. The SMILES string of the molecule is Cc1cccc(CP(Cc2cccc(C)n2)Cc2cccc(C)n2)n1. The Hall–Kier alpha value is -2.12. The van der Waals surface area contributed by atoms with Gasteiger partial charge in [-0.25, -0.2) is 0 Å². The van der Waals surface area contributed by atoms with Gasteiger partial charge in [-0.15, -0.1) is 0 Å². The third-order valence-corrected chi connectivity index (χ3v) is 6.31. The molecule has 0 unspecified atom stereocenters. The number of aromatic nitrogens is 3. The van der Waals surface area contributed by atoms with Gasteiger partial charge in [0.1, 0.15) is 0 Å². The van der Waals surface area contributed by atoms with Gasteiger partial charge in [0.2, 0.25) is 0 Å². The Bertz CT molecular complexity index is 735. The number of hydrogen-bond acceptors (Lipinski definition) is 3. The minimum atomic E-state index is -0.314. The van der Waals surface area contributed by atoms with Crippen molar-refractivity contribution in [3.63, 3.8) is 0 Å². The molecule has 3 aromatic heterocycles. The highest BCUT2D eigenvalue weighted by molar-refractivity contribution is 7.55. The van der Waals surface area contributed by atoms with E-state index in [1.807, 2.05) is 0 Å². The minimum Gasteiger partial charge on any atom is -0.258 e. The summed E-state index contributed by atoms with van der Waals surface area (Å²) in [5, 5.41) is 0. The maximum atomic E-state index is 4.71. The van der Waals surface area contributed by atoms with E-state index in [-0.39, 0.29) is 7.92 Å². The standard InChI is InChI=1S/C21H24N3P/c1-16-7-4-10-19(22-16)13-25(14-20-11-5-8-17(2)23-20)15-21-12-6-9-18(3)24-21/h4-12H,13-15H2,1-3H3. The van der Waals surface area contributed by atoms with E-state index in [0.29, 0.717) is 0 Å². The maximum Gasteiger partial charge on any atom is 0.0449 e. The van der Waals surface area contributed by atoms with Crippen molar-refractivity contribution in [2.75, 3.05) is 0 Å². The molecule has 0 fully saturated rings. The van der Waals surface area contributed by atoms with E-state index < -0.39 is 0 Å². The van der Waals surface area contributed by atoms with Gasteiger partial charge in [-0.3, -0.25) is 15.0 Å². The zero-order chi connectivity index (χ0) is 17.6. The number of pyridine rings is 3. The van der Waals surface area contributed by atoms with E-state index >= 15 is 0 Å². The molecule has 4 heteroatoms. The highest BCUT2D eigenvalue weighted by atomic mass is 31.1. The van der Waals surface area contributed by atoms with E-state index in [1.54, 1.807) is 0 Å². The van der Waals surface area contributed by atoms with Crippen molar-refractivity contribution in [3.8, 4) is 0 Å². The van der Waals surface area contributed by atoms with E-state index in [4.69, 9.17) is 15.0 Å². The molecule has 3 aromatic rings. The number of nitrogens with zero attached hydrogens (tertiary/aromatic N) is 3. The van der Waals surface area contributed by atoms with E-state index in [1.165, 1.54) is 17.1 Å². The summed E-state index contributed by atoms with van der Waals surface area (Å²) < 4.78 is 0. The van der Waals surface area contributed by atoms with Gasteiger partial charge in [-0.1, -0.05) is 26.1 Å². The second kappa shape index (κ2) is 8.31. The van der Waals surface area contributed by atoms with E-state index in [0.717, 1.165) is 35.6 Å². The van der Waals surface area contributed by atoms with Crippen LogP contribution in [-0.2, 0) is 18.5 Å². The second-order valence-corrected chi connectivity index (χ2v) is 8.75. The van der Waals surface area contributed by atoms with Crippen molar-refractivity contribution in [3.05, 3.63) is 88.8 Å². The van der Waals surface area contributed by atoms with Crippen LogP contribution in [0, 0.1) is 20.8 Å². The molecule has 128 valence electrons. The van der Waals surface area contributed by atoms with Crippen molar-refractivity contribution in [1.29, 1.82) is 0 Å². The zero-order valence-corrected chi connectivity index (χ0v) is 16.0. The maximum absolute atomic E-state index is 4.71. The molecule has 0 spiro atoms. The molecule has 3 heterocycles. The summed E-state index contributed by atoms with van der Waals surface area (Å²) in [6.07, 6.45) is 3.01. The minimum absolute atomic E-state index is 0.314. The molecule has 0 saturated carbocycles. The first-order valence-electron chi connectivity index (χ1n) is 8.58. The molecule has 0 amide bonds. The predicted octanol–water partition coefficient (Wildman–Crippen LogP) is 5.18. The van der Waals surface area contributed by atoms with Gasteiger partial charge >= 0.3 is 0 Å². The molecular weight excluding hydrogens is 325 g/mol. The average Bonchev–Trinajstić information content (AvgIpc) is 2.55. The molecule has 0 bridgehead atoms. The monoisotopic (exact) mass is 349 g/mol. The van der Waals surface area contributed by atoms with Crippen LogP contribution in [0.3, 0.4) is 0 Å². The third kappa shape index (κ3) is 5.44. The predicted molar refractivity (Wildman–Crippen MR) is 105 cm³/mol. The van der Waals surface area contributed by atoms with Crippen LogP contribution in [0.15, 0.2) is 54.6 Å². The Kier molecular flexibility index (Phi) is 5.88. The van der Waals surface area contributed by atoms with Crippen molar-refractivity contribution >= 4 is 7.92 Å². The molecular formula is C21H24N3P. The number of hydrogen-bond donors (Lipinski definition) is 0. The Morgan fingerprint density at radius 2 is 0.880 bits per heavy atom. The summed E-state index contributed by atoms with van der Waals surface area (Å²) in [6, 6.07) is 18.9. The van der Waals surface area contributed by atoms with Gasteiger partial charge in [0.15, 0.2) is 0 Å². The van der Waals surface area contributed by atoms with Crippen molar-refractivity contribution < 1.29 is 0 Å². The molecule has 3 rings (SSSR count). The highest BCUT2D eigenvalue weighted by Crippen LogP contribution is 2.45. The molecule has 0 saturated heterocycles. The fraction of sp³-hybridized carbons (Fsp3) is 0.286. The molecule has 0 aliphatic heterocycles. The number of aryl methyl sites for hydroxylation is 3. The summed E-state index contributed by atoms with van der Waals surface area (Å²) in [6.45, 7) is 6.15. The summed E-state index contributed by atoms with van der Waals surface area (Å²) in [5.41, 5.74) is 6.75. The van der Waals surface area contributed by atoms with Gasteiger partial charge in [0.05, 0.1) is 0 Å². The van der Waals surface area contributed by atoms with Crippen LogP contribution in [0.4, 0.5) is 0 Å². The first kappa shape index (κ1) is 17.7. The fourth-order valence-corrected chi connectivity index (χ4v) is 5.16. The lowest BCUT2D eigenvalue weighted by atomic mass is 10.3. The van der Waals surface area contributed by atoms with E-state index in [2.05, 4.69) is 75.4 Å². The lowest BCUT2D eigenvalue weighted by Crippen LogP contribution is -1.99. The van der Waals surface area contributed by atoms with Crippen LogP contribution in [0.2, 0.25) is 0 Å². The Morgan fingerprint density at radius 1 is 0.560 bits per heavy atom. The molecule has 3 nitrogen and oxygen atoms in total. The topological polar surface area (TPSA) is 38.7 Å². The smallest absolute Gasteiger partial charge is 0.0449 e. The van der Waals surface area contributed by atoms with Gasteiger partial charge in [-0.2, -0.15) is 0 Å². The van der Waals surface area contributed by atoms with E-state index in [9.17, 15) is 0 Å². The molecule has 0 radical (unpaired) electrons. The second-order valence-electron chi connectivity index (χ2n) is 6.46. The van der Waals surface area contributed by atoms with Crippen LogP contribution in [0.1, 0.15) is 34.2 Å². The zero-order valence-electron chi connectivity index (χ0n) is 15.1. The van der Waals surface area contributed by atoms with Gasteiger partial charge in [-0.05, 0) is 57.2 Å². The first-order chi connectivity index (χ1) is 12.1. The molecule has 0 atom stereocenters. The average molecular weight is 349 g/mol. The van der Waals surface area contributed by atoms with Crippen molar-refractivity contribution in [2.45, 2.75) is 39.3 Å². The van der Waals surface area contributed by atoms with Crippen LogP contribution in [0.25, 0.3) is 0 Å². The summed E-state index contributed by atoms with van der Waals surface area (Å²) in [7, 11) is -0.314. The van der Waals surface area contributed by atoms with Crippen LogP contribution >= 0.6 is 7.92 Å². The molecule has 0 aliphatic carbocycles. The van der Waals surface area contributed by atoms with Gasteiger partial charge in [0, 0.05) is 52.6 Å². The molecule has 25 heavy (non-hydrogen) atoms. The fourth-order valence-electron chi connectivity index (χ4n) is 2.92. The van der Waals surface area contributed by atoms with Crippen LogP contribution in [-0.4, -0.2) is 15.0 Å². The van der Waals surface area contributed by atoms with Gasteiger partial charge in [0.25, 0.3) is 0 Å². The lowest BCUT2D eigenvalue weighted by Gasteiger charge is -2.18. The Morgan fingerprint density at radius 3 is 1.16 bits per heavy atom.